The Balaban J connectivity index is 1.31. The Morgan fingerprint density at radius 2 is 1.04 bits per heavy atom. The predicted octanol–water partition coefficient (Wildman–Crippen LogP) is 12.3. The van der Waals surface area contributed by atoms with Crippen molar-refractivity contribution in [3.05, 3.63) is 181 Å². The number of rotatable bonds is 5. The first-order valence-corrected chi connectivity index (χ1v) is 15.9. The van der Waals surface area contributed by atoms with Crippen LogP contribution in [0.4, 0.5) is 0 Å². The minimum absolute atomic E-state index is 0.0213. The monoisotopic (exact) mass is 639 g/mol. The van der Waals surface area contributed by atoms with E-state index in [1.54, 1.807) is 19.9 Å². The van der Waals surface area contributed by atoms with Gasteiger partial charge in [-0.2, -0.15) is 0 Å². The summed E-state index contributed by atoms with van der Waals surface area (Å²) in [6.45, 7) is 3.31. The highest BCUT2D eigenvalue weighted by Crippen LogP contribution is 2.53. The lowest BCUT2D eigenvalue weighted by Crippen LogP contribution is -2.14. The molecule has 1 aromatic heterocycles. The maximum absolute atomic E-state index is 9.50. The Morgan fingerprint density at radius 1 is 0.469 bits per heavy atom. The standard InChI is InChI=1S/C47H34N2/c1-47(2)41-19-11-18-39(45(41)40-28-37-16-9-10-17-38(37)29-42(40)47)33-22-26-35(27-23-33)44-30-43(48-46(49-44)36-14-7-4-8-15-36)34-24-20-32(21-25-34)31-12-5-3-6-13-31/h3-30H,1-2H3/i9D,10D,11D,16D,17D,18D,19D,22D,23D,26D,27D,28D,29D. The molecule has 9 rings (SSSR count). The number of hydrogen-bond acceptors (Lipinski definition) is 2. The molecule has 0 saturated carbocycles. The molecule has 0 atom stereocenters. The van der Waals surface area contributed by atoms with E-state index in [-0.39, 0.29) is 67.3 Å². The van der Waals surface area contributed by atoms with E-state index in [1.165, 1.54) is 0 Å². The number of hydrogen-bond donors (Lipinski definition) is 0. The number of nitrogens with zero attached hydrogens (tertiary/aromatic N) is 2. The molecule has 0 unspecified atom stereocenters. The SMILES string of the molecule is [2H]c1c([2H])c(-c2c([2H])c([2H])c(-c3cc(-c4ccc(-c5ccccc5)cc4)nc(-c4ccccc4)n3)c([2H])c2[2H])c2c(c1[2H])C(C)(C)c1c-2c([2H])c2c([2H])c([2H])c([2H])c([2H])c2c1[2H]. The Bertz CT molecular complexity index is 3200. The fraction of sp³-hybridized carbons (Fsp3) is 0.0638. The minimum atomic E-state index is -1.33. The molecule has 0 aliphatic heterocycles. The molecule has 0 radical (unpaired) electrons. The topological polar surface area (TPSA) is 25.8 Å². The number of benzene rings is 7. The summed E-state index contributed by atoms with van der Waals surface area (Å²) >= 11 is 0. The van der Waals surface area contributed by atoms with Gasteiger partial charge in [-0.1, -0.05) is 165 Å². The summed E-state index contributed by atoms with van der Waals surface area (Å²) in [6.07, 6.45) is 0. The van der Waals surface area contributed by atoms with Gasteiger partial charge in [-0.25, -0.2) is 9.97 Å². The fourth-order valence-electron chi connectivity index (χ4n) is 6.44. The fourth-order valence-corrected chi connectivity index (χ4v) is 6.44. The third-order valence-electron chi connectivity index (χ3n) is 8.99. The lowest BCUT2D eigenvalue weighted by molar-refractivity contribution is 0.661. The number of aromatic nitrogens is 2. The van der Waals surface area contributed by atoms with Gasteiger partial charge in [0.15, 0.2) is 5.82 Å². The maximum atomic E-state index is 9.50. The van der Waals surface area contributed by atoms with E-state index in [1.807, 2.05) is 84.9 Å². The molecule has 0 amide bonds. The van der Waals surface area contributed by atoms with Crippen LogP contribution in [0.25, 0.3) is 78.1 Å². The average Bonchev–Trinajstić information content (AvgIpc) is 3.53. The van der Waals surface area contributed by atoms with Gasteiger partial charge in [0, 0.05) is 22.1 Å². The van der Waals surface area contributed by atoms with E-state index in [2.05, 4.69) is 0 Å². The molecule has 0 N–H and O–H groups in total. The first kappa shape index (κ1) is 18.4. The van der Waals surface area contributed by atoms with E-state index in [9.17, 15) is 9.60 Å². The second-order valence-electron chi connectivity index (χ2n) is 12.4. The van der Waals surface area contributed by atoms with Gasteiger partial charge in [0.25, 0.3) is 0 Å². The molecule has 7 aromatic carbocycles. The Labute approximate surface area is 305 Å². The first-order chi connectivity index (χ1) is 29.5. The van der Waals surface area contributed by atoms with Crippen LogP contribution in [-0.2, 0) is 5.41 Å². The largest absolute Gasteiger partial charge is 0.228 e. The lowest BCUT2D eigenvalue weighted by atomic mass is 9.81. The van der Waals surface area contributed by atoms with Crippen molar-refractivity contribution < 1.29 is 17.8 Å². The van der Waals surface area contributed by atoms with Crippen LogP contribution in [0, 0.1) is 0 Å². The molecule has 232 valence electrons. The summed E-state index contributed by atoms with van der Waals surface area (Å²) in [7, 11) is 0. The van der Waals surface area contributed by atoms with E-state index in [0.29, 0.717) is 16.8 Å². The predicted molar refractivity (Wildman–Crippen MR) is 204 cm³/mol. The van der Waals surface area contributed by atoms with Crippen LogP contribution in [0.3, 0.4) is 0 Å². The summed E-state index contributed by atoms with van der Waals surface area (Å²) in [4.78, 5) is 9.65. The molecule has 49 heavy (non-hydrogen) atoms. The molecule has 1 aliphatic rings. The second kappa shape index (κ2) is 11.5. The van der Waals surface area contributed by atoms with Crippen LogP contribution in [0.1, 0.15) is 42.8 Å². The van der Waals surface area contributed by atoms with Gasteiger partial charge in [0.05, 0.1) is 29.2 Å². The van der Waals surface area contributed by atoms with Crippen LogP contribution in [0.2, 0.25) is 0 Å². The lowest BCUT2D eigenvalue weighted by Gasteiger charge is -2.22. The van der Waals surface area contributed by atoms with Gasteiger partial charge in [-0.15, -0.1) is 0 Å². The zero-order valence-electron chi connectivity index (χ0n) is 39.6. The molecule has 2 nitrogen and oxygen atoms in total. The van der Waals surface area contributed by atoms with Crippen molar-refractivity contribution in [2.24, 2.45) is 0 Å². The van der Waals surface area contributed by atoms with Crippen molar-refractivity contribution in [3.63, 3.8) is 0 Å². The third kappa shape index (κ3) is 5.05. The Hall–Kier alpha value is -6.12. The summed E-state index contributed by atoms with van der Waals surface area (Å²) in [6, 6.07) is 21.6. The van der Waals surface area contributed by atoms with E-state index < -0.39 is 77.9 Å². The van der Waals surface area contributed by atoms with Crippen molar-refractivity contribution >= 4 is 10.8 Å². The summed E-state index contributed by atoms with van der Waals surface area (Å²) < 4.78 is 118. The molecule has 8 aromatic rings. The summed E-state index contributed by atoms with van der Waals surface area (Å²) in [5, 5.41) is -0.438. The first-order valence-electron chi connectivity index (χ1n) is 22.4. The molecule has 0 bridgehead atoms. The van der Waals surface area contributed by atoms with E-state index in [4.69, 9.17) is 18.2 Å². The van der Waals surface area contributed by atoms with Crippen molar-refractivity contribution in [3.8, 4) is 67.3 Å². The molecule has 2 heteroatoms. The van der Waals surface area contributed by atoms with Crippen molar-refractivity contribution in [1.82, 2.24) is 9.97 Å². The van der Waals surface area contributed by atoms with E-state index in [0.717, 1.165) is 11.1 Å². The van der Waals surface area contributed by atoms with Crippen molar-refractivity contribution in [1.29, 1.82) is 0 Å². The summed E-state index contributed by atoms with van der Waals surface area (Å²) in [5.41, 5.74) is 2.01. The zero-order chi connectivity index (χ0) is 44.3. The molecule has 1 aliphatic carbocycles. The van der Waals surface area contributed by atoms with Gasteiger partial charge in [-0.05, 0) is 73.4 Å². The molecule has 0 saturated heterocycles. The molecular formula is C47H34N2. The zero-order valence-corrected chi connectivity index (χ0v) is 26.6. The van der Waals surface area contributed by atoms with Crippen LogP contribution < -0.4 is 0 Å². The van der Waals surface area contributed by atoms with Gasteiger partial charge < -0.3 is 0 Å². The minimum Gasteiger partial charge on any atom is -0.228 e. The van der Waals surface area contributed by atoms with Crippen LogP contribution in [0.15, 0.2) is 170 Å². The quantitative estimate of drug-likeness (QED) is 0.187. The second-order valence-corrected chi connectivity index (χ2v) is 12.4. The highest BCUT2D eigenvalue weighted by atomic mass is 14.9. The highest BCUT2D eigenvalue weighted by molar-refractivity contribution is 5.98. The van der Waals surface area contributed by atoms with Gasteiger partial charge >= 0.3 is 0 Å². The van der Waals surface area contributed by atoms with Gasteiger partial charge in [0.2, 0.25) is 0 Å². The molecule has 1 heterocycles. The van der Waals surface area contributed by atoms with Crippen molar-refractivity contribution in [2.75, 3.05) is 0 Å². The van der Waals surface area contributed by atoms with Crippen LogP contribution >= 0.6 is 0 Å². The number of fused-ring (bicyclic) bond motifs is 4. The average molecular weight is 640 g/mol. The van der Waals surface area contributed by atoms with Gasteiger partial charge in [0.1, 0.15) is 0 Å². The van der Waals surface area contributed by atoms with Crippen LogP contribution in [-0.4, -0.2) is 9.97 Å². The molecular weight excluding hydrogens is 593 g/mol. The Morgan fingerprint density at radius 3 is 1.73 bits per heavy atom. The smallest absolute Gasteiger partial charge is 0.160 e. The van der Waals surface area contributed by atoms with Crippen molar-refractivity contribution in [2.45, 2.75) is 19.3 Å². The van der Waals surface area contributed by atoms with E-state index >= 15 is 0 Å². The summed E-state index contributed by atoms with van der Waals surface area (Å²) in [5.74, 6) is 0.278. The molecule has 0 spiro atoms. The van der Waals surface area contributed by atoms with Gasteiger partial charge in [-0.3, -0.25) is 0 Å². The third-order valence-corrected chi connectivity index (χ3v) is 8.99. The maximum Gasteiger partial charge on any atom is 0.160 e. The van der Waals surface area contributed by atoms with Crippen LogP contribution in [0.5, 0.6) is 0 Å². The normalized spacial score (nSPS) is 16.6. The highest BCUT2D eigenvalue weighted by Gasteiger charge is 2.37. The Kier molecular flexibility index (Phi) is 4.34. The molecule has 0 fully saturated rings.